The van der Waals surface area contributed by atoms with E-state index >= 15 is 0 Å². The number of carbonyl (C=O) groups is 1. The molecule has 1 rings (SSSR count). The predicted molar refractivity (Wildman–Crippen MR) is 68.9 cm³/mol. The Morgan fingerprint density at radius 3 is 2.69 bits per heavy atom. The molecule has 1 heterocycles. The first-order chi connectivity index (χ1) is 7.34. The van der Waals surface area contributed by atoms with Crippen molar-refractivity contribution in [1.29, 1.82) is 0 Å². The van der Waals surface area contributed by atoms with Crippen molar-refractivity contribution >= 4 is 21.8 Å². The maximum atomic E-state index is 12.0. The second-order valence-corrected chi connectivity index (χ2v) is 5.80. The van der Waals surface area contributed by atoms with Crippen LogP contribution in [0.4, 0.5) is 0 Å². The summed E-state index contributed by atoms with van der Waals surface area (Å²) in [6.07, 6.45) is 1.68. The van der Waals surface area contributed by atoms with Crippen molar-refractivity contribution in [3.8, 4) is 0 Å². The molecule has 0 radical (unpaired) electrons. The van der Waals surface area contributed by atoms with E-state index in [9.17, 15) is 4.79 Å². The first-order valence-corrected chi connectivity index (χ1v) is 6.14. The fraction of sp³-hybridized carbons (Fsp3) is 0.500. The van der Waals surface area contributed by atoms with Gasteiger partial charge in [0.25, 0.3) is 5.91 Å². The molecular weight excluding hydrogens is 268 g/mol. The third kappa shape index (κ3) is 3.04. The van der Waals surface area contributed by atoms with Crippen LogP contribution in [0, 0.1) is 6.92 Å². The van der Waals surface area contributed by atoms with E-state index in [1.54, 1.807) is 18.3 Å². The summed E-state index contributed by atoms with van der Waals surface area (Å²) < 4.78 is 0. The summed E-state index contributed by atoms with van der Waals surface area (Å²) in [6.45, 7) is 7.81. The van der Waals surface area contributed by atoms with Gasteiger partial charge >= 0.3 is 0 Å². The summed E-state index contributed by atoms with van der Waals surface area (Å²) in [7, 11) is 0. The minimum absolute atomic E-state index is 0.0816. The molecule has 0 aliphatic heterocycles. The minimum Gasteiger partial charge on any atom is -0.346 e. The molecule has 88 valence electrons. The number of hydrogen-bond donors (Lipinski definition) is 1. The average Bonchev–Trinajstić information content (AvgIpc) is 2.17. The second kappa shape index (κ2) is 4.95. The maximum absolute atomic E-state index is 12.0. The van der Waals surface area contributed by atoms with E-state index in [0.29, 0.717) is 5.56 Å². The first-order valence-electron chi connectivity index (χ1n) is 5.23. The molecular formula is C12H17BrN2O. The molecule has 0 spiro atoms. The lowest BCUT2D eigenvalue weighted by Crippen LogP contribution is -2.49. The first kappa shape index (κ1) is 13.2. The van der Waals surface area contributed by atoms with Crippen molar-refractivity contribution in [2.45, 2.75) is 38.1 Å². The molecule has 0 bridgehead atoms. The number of rotatable bonds is 3. The lowest BCUT2D eigenvalue weighted by Gasteiger charge is -2.29. The van der Waals surface area contributed by atoms with Crippen molar-refractivity contribution < 1.29 is 4.79 Å². The van der Waals surface area contributed by atoms with Crippen molar-refractivity contribution in [2.75, 3.05) is 0 Å². The molecule has 1 unspecified atom stereocenters. The van der Waals surface area contributed by atoms with Crippen LogP contribution >= 0.6 is 15.9 Å². The van der Waals surface area contributed by atoms with E-state index in [1.165, 1.54) is 0 Å². The van der Waals surface area contributed by atoms with Crippen LogP contribution in [0.15, 0.2) is 18.3 Å². The van der Waals surface area contributed by atoms with Crippen molar-refractivity contribution in [1.82, 2.24) is 10.3 Å². The van der Waals surface area contributed by atoms with Crippen LogP contribution in [-0.2, 0) is 0 Å². The Balaban J connectivity index is 2.85. The number of pyridine rings is 1. The highest BCUT2D eigenvalue weighted by atomic mass is 79.9. The average molecular weight is 285 g/mol. The molecule has 0 saturated carbocycles. The zero-order valence-corrected chi connectivity index (χ0v) is 11.6. The van der Waals surface area contributed by atoms with E-state index in [1.807, 2.05) is 27.7 Å². The van der Waals surface area contributed by atoms with Gasteiger partial charge in [0.1, 0.15) is 0 Å². The molecule has 0 aliphatic carbocycles. The van der Waals surface area contributed by atoms with E-state index in [-0.39, 0.29) is 16.3 Å². The zero-order chi connectivity index (χ0) is 12.3. The number of halogens is 1. The number of aryl methyl sites for hydroxylation is 1. The summed E-state index contributed by atoms with van der Waals surface area (Å²) >= 11 is 3.49. The molecule has 16 heavy (non-hydrogen) atoms. The van der Waals surface area contributed by atoms with Gasteiger partial charge in [0, 0.05) is 22.3 Å². The molecule has 0 saturated heterocycles. The Morgan fingerprint density at radius 1 is 1.56 bits per heavy atom. The SMILES string of the molecule is Cc1ncccc1C(=O)NC(C)(C)C(C)Br. The lowest BCUT2D eigenvalue weighted by atomic mass is 10.0. The highest BCUT2D eigenvalue weighted by Gasteiger charge is 2.26. The summed E-state index contributed by atoms with van der Waals surface area (Å²) in [5, 5.41) is 2.99. The number of alkyl halides is 1. The second-order valence-electron chi connectivity index (χ2n) is 4.43. The Labute approximate surface area is 105 Å². The minimum atomic E-state index is -0.292. The number of amides is 1. The summed E-state index contributed by atoms with van der Waals surface area (Å²) in [5.41, 5.74) is 1.08. The van der Waals surface area contributed by atoms with Crippen LogP contribution in [-0.4, -0.2) is 21.3 Å². The third-order valence-electron chi connectivity index (χ3n) is 2.68. The molecule has 4 heteroatoms. The zero-order valence-electron chi connectivity index (χ0n) is 10.0. The molecule has 1 atom stereocenters. The Hall–Kier alpha value is -0.900. The van der Waals surface area contributed by atoms with Crippen LogP contribution in [0.2, 0.25) is 0 Å². The quantitative estimate of drug-likeness (QED) is 0.868. The number of hydrogen-bond acceptors (Lipinski definition) is 2. The summed E-state index contributed by atoms with van der Waals surface area (Å²) in [5.74, 6) is -0.0816. The molecule has 1 amide bonds. The Morgan fingerprint density at radius 2 is 2.19 bits per heavy atom. The smallest absolute Gasteiger partial charge is 0.253 e. The standard InChI is InChI=1S/C12H17BrN2O/c1-8-10(6-5-7-14-8)11(16)15-12(3,4)9(2)13/h5-7,9H,1-4H3,(H,15,16). The van der Waals surface area contributed by atoms with Gasteiger partial charge in [-0.25, -0.2) is 0 Å². The van der Waals surface area contributed by atoms with E-state index in [2.05, 4.69) is 26.2 Å². The van der Waals surface area contributed by atoms with E-state index < -0.39 is 0 Å². The summed E-state index contributed by atoms with van der Waals surface area (Å²) in [4.78, 5) is 16.3. The van der Waals surface area contributed by atoms with Gasteiger partial charge < -0.3 is 5.32 Å². The largest absolute Gasteiger partial charge is 0.346 e. The van der Waals surface area contributed by atoms with E-state index in [0.717, 1.165) is 5.69 Å². The van der Waals surface area contributed by atoms with Gasteiger partial charge in [-0.2, -0.15) is 0 Å². The van der Waals surface area contributed by atoms with Crippen LogP contribution in [0.1, 0.15) is 36.8 Å². The van der Waals surface area contributed by atoms with Gasteiger partial charge in [0.2, 0.25) is 0 Å². The van der Waals surface area contributed by atoms with E-state index in [4.69, 9.17) is 0 Å². The molecule has 0 aromatic carbocycles. The number of nitrogens with one attached hydrogen (secondary N) is 1. The molecule has 1 aromatic rings. The lowest BCUT2D eigenvalue weighted by molar-refractivity contribution is 0.0913. The fourth-order valence-electron chi connectivity index (χ4n) is 1.18. The Kier molecular flexibility index (Phi) is 4.08. The molecule has 1 aromatic heterocycles. The van der Waals surface area contributed by atoms with Crippen LogP contribution in [0.3, 0.4) is 0 Å². The molecule has 3 nitrogen and oxygen atoms in total. The Bertz CT molecular complexity index is 388. The van der Waals surface area contributed by atoms with Gasteiger partial charge in [-0.05, 0) is 32.9 Å². The van der Waals surface area contributed by atoms with Crippen molar-refractivity contribution in [2.24, 2.45) is 0 Å². The topological polar surface area (TPSA) is 42.0 Å². The molecule has 0 aliphatic rings. The number of carbonyl (C=O) groups excluding carboxylic acids is 1. The van der Waals surface area contributed by atoms with Crippen LogP contribution < -0.4 is 5.32 Å². The highest BCUT2D eigenvalue weighted by molar-refractivity contribution is 9.09. The monoisotopic (exact) mass is 284 g/mol. The molecule has 0 fully saturated rings. The van der Waals surface area contributed by atoms with Crippen LogP contribution in [0.25, 0.3) is 0 Å². The van der Waals surface area contributed by atoms with Gasteiger partial charge in [-0.3, -0.25) is 9.78 Å². The van der Waals surface area contributed by atoms with Gasteiger partial charge in [0.15, 0.2) is 0 Å². The fourth-order valence-corrected chi connectivity index (χ4v) is 1.30. The normalized spacial score (nSPS) is 13.3. The van der Waals surface area contributed by atoms with Gasteiger partial charge in [-0.1, -0.05) is 22.9 Å². The predicted octanol–water partition coefficient (Wildman–Crippen LogP) is 2.68. The molecule has 1 N–H and O–H groups in total. The van der Waals surface area contributed by atoms with Gasteiger partial charge in [0.05, 0.1) is 5.56 Å². The highest BCUT2D eigenvalue weighted by Crippen LogP contribution is 2.17. The number of aromatic nitrogens is 1. The maximum Gasteiger partial charge on any atom is 0.253 e. The van der Waals surface area contributed by atoms with Crippen molar-refractivity contribution in [3.63, 3.8) is 0 Å². The third-order valence-corrected chi connectivity index (χ3v) is 3.83. The number of nitrogens with zero attached hydrogens (tertiary/aromatic N) is 1. The van der Waals surface area contributed by atoms with Gasteiger partial charge in [-0.15, -0.1) is 0 Å². The summed E-state index contributed by atoms with van der Waals surface area (Å²) in [6, 6.07) is 3.55. The van der Waals surface area contributed by atoms with Crippen LogP contribution in [0.5, 0.6) is 0 Å². The van der Waals surface area contributed by atoms with Crippen molar-refractivity contribution in [3.05, 3.63) is 29.6 Å².